The fourth-order valence-corrected chi connectivity index (χ4v) is 3.17. The predicted octanol–water partition coefficient (Wildman–Crippen LogP) is 4.58. The molecule has 3 heteroatoms. The molecule has 120 valence electrons. The predicted molar refractivity (Wildman–Crippen MR) is 91.5 cm³/mol. The fourth-order valence-electron chi connectivity index (χ4n) is 3.17. The first kappa shape index (κ1) is 15.7. The number of nitrogens with zero attached hydrogens (tertiary/aromatic N) is 1. The minimum atomic E-state index is -0.274. The number of esters is 1. The maximum atomic E-state index is 12.4. The molecule has 0 saturated carbocycles. The van der Waals surface area contributed by atoms with E-state index < -0.39 is 0 Å². The molecule has 0 fully saturated rings. The van der Waals surface area contributed by atoms with Gasteiger partial charge < -0.3 is 4.74 Å². The van der Waals surface area contributed by atoms with E-state index in [0.717, 1.165) is 29.8 Å². The van der Waals surface area contributed by atoms with Gasteiger partial charge in [0.2, 0.25) is 0 Å². The van der Waals surface area contributed by atoms with Crippen molar-refractivity contribution in [2.75, 3.05) is 6.61 Å². The number of carbonyl (C=O) groups excluding carboxylic acids is 1. The molecular formula is C20H23NO2. The van der Waals surface area contributed by atoms with E-state index in [2.05, 4.69) is 0 Å². The lowest BCUT2D eigenvalue weighted by molar-refractivity contribution is 0.0526. The zero-order chi connectivity index (χ0) is 16.1. The summed E-state index contributed by atoms with van der Waals surface area (Å²) in [6, 6.07) is 11.9. The fraction of sp³-hybridized carbons (Fsp3) is 0.400. The van der Waals surface area contributed by atoms with Crippen LogP contribution in [0.2, 0.25) is 0 Å². The molecule has 3 rings (SSSR count). The third-order valence-corrected chi connectivity index (χ3v) is 4.34. The molecule has 0 amide bonds. The number of rotatable bonds is 3. The van der Waals surface area contributed by atoms with Crippen LogP contribution in [-0.2, 0) is 17.6 Å². The van der Waals surface area contributed by atoms with Gasteiger partial charge in [-0.05, 0) is 44.2 Å². The summed E-state index contributed by atoms with van der Waals surface area (Å²) in [5.74, 6) is -0.274. The Morgan fingerprint density at radius 3 is 2.57 bits per heavy atom. The summed E-state index contributed by atoms with van der Waals surface area (Å²) in [6.07, 6.45) is 6.87. The van der Waals surface area contributed by atoms with Crippen LogP contribution in [-0.4, -0.2) is 17.6 Å². The third kappa shape index (κ3) is 3.61. The highest BCUT2D eigenvalue weighted by atomic mass is 16.5. The highest BCUT2D eigenvalue weighted by Crippen LogP contribution is 2.28. The van der Waals surface area contributed by atoms with Crippen molar-refractivity contribution in [1.29, 1.82) is 0 Å². The number of aromatic nitrogens is 1. The van der Waals surface area contributed by atoms with Gasteiger partial charge in [-0.15, -0.1) is 0 Å². The van der Waals surface area contributed by atoms with E-state index in [1.165, 1.54) is 31.2 Å². The van der Waals surface area contributed by atoms with Crippen molar-refractivity contribution in [3.05, 3.63) is 53.2 Å². The summed E-state index contributed by atoms with van der Waals surface area (Å²) < 4.78 is 5.26. The molecule has 1 aliphatic rings. The van der Waals surface area contributed by atoms with Crippen LogP contribution in [0, 0.1) is 0 Å². The molecule has 0 bridgehead atoms. The van der Waals surface area contributed by atoms with Gasteiger partial charge in [0.15, 0.2) is 0 Å². The molecule has 1 aromatic carbocycles. The summed E-state index contributed by atoms with van der Waals surface area (Å²) in [6.45, 7) is 2.21. The molecule has 0 unspecified atom stereocenters. The Morgan fingerprint density at radius 1 is 1.09 bits per heavy atom. The minimum absolute atomic E-state index is 0.274. The standard InChI is InChI=1S/C20H23NO2/c1-2-23-20(22)17-14-16-12-6-3-4-9-13-18(16)21-19(17)15-10-7-5-8-11-15/h5,7-8,10-11,14H,2-4,6,9,12-13H2,1H3. The maximum Gasteiger partial charge on any atom is 0.340 e. The quantitative estimate of drug-likeness (QED) is 0.779. The van der Waals surface area contributed by atoms with Gasteiger partial charge in [-0.3, -0.25) is 4.98 Å². The Bertz CT molecular complexity index is 680. The molecule has 0 N–H and O–H groups in total. The first-order chi connectivity index (χ1) is 11.3. The Hall–Kier alpha value is -2.16. The van der Waals surface area contributed by atoms with E-state index in [4.69, 9.17) is 9.72 Å². The van der Waals surface area contributed by atoms with Gasteiger partial charge in [0.25, 0.3) is 0 Å². The van der Waals surface area contributed by atoms with Crippen molar-refractivity contribution in [3.63, 3.8) is 0 Å². The Kier molecular flexibility index (Phi) is 5.06. The number of hydrogen-bond donors (Lipinski definition) is 0. The van der Waals surface area contributed by atoms with Crippen LogP contribution < -0.4 is 0 Å². The van der Waals surface area contributed by atoms with E-state index in [9.17, 15) is 4.79 Å². The minimum Gasteiger partial charge on any atom is -0.462 e. The van der Waals surface area contributed by atoms with E-state index in [-0.39, 0.29) is 5.97 Å². The van der Waals surface area contributed by atoms with Gasteiger partial charge >= 0.3 is 5.97 Å². The Balaban J connectivity index is 2.11. The number of benzene rings is 1. The van der Waals surface area contributed by atoms with Gasteiger partial charge in [-0.1, -0.05) is 43.2 Å². The molecule has 3 nitrogen and oxygen atoms in total. The molecule has 0 aliphatic heterocycles. The summed E-state index contributed by atoms with van der Waals surface area (Å²) in [7, 11) is 0. The topological polar surface area (TPSA) is 39.2 Å². The molecular weight excluding hydrogens is 286 g/mol. The lowest BCUT2D eigenvalue weighted by Gasteiger charge is -2.17. The maximum absolute atomic E-state index is 12.4. The summed E-state index contributed by atoms with van der Waals surface area (Å²) in [5.41, 5.74) is 4.69. The van der Waals surface area contributed by atoms with Crippen LogP contribution in [0.5, 0.6) is 0 Å². The van der Waals surface area contributed by atoms with Crippen molar-refractivity contribution in [2.24, 2.45) is 0 Å². The smallest absolute Gasteiger partial charge is 0.340 e. The van der Waals surface area contributed by atoms with Crippen LogP contribution in [0.25, 0.3) is 11.3 Å². The second-order valence-corrected chi connectivity index (χ2v) is 5.99. The largest absolute Gasteiger partial charge is 0.462 e. The molecule has 0 radical (unpaired) electrons. The molecule has 1 aromatic heterocycles. The van der Waals surface area contributed by atoms with Crippen LogP contribution >= 0.6 is 0 Å². The van der Waals surface area contributed by atoms with Crippen molar-refractivity contribution < 1.29 is 9.53 Å². The SMILES string of the molecule is CCOC(=O)c1cc2c(nc1-c1ccccc1)CCCCCC2. The van der Waals surface area contributed by atoms with Crippen LogP contribution in [0.4, 0.5) is 0 Å². The van der Waals surface area contributed by atoms with Crippen molar-refractivity contribution in [3.8, 4) is 11.3 Å². The number of carbonyl (C=O) groups is 1. The summed E-state index contributed by atoms with van der Waals surface area (Å²) >= 11 is 0. The molecule has 1 heterocycles. The normalized spacial score (nSPS) is 14.5. The average Bonchev–Trinajstić information content (AvgIpc) is 2.56. The molecule has 0 spiro atoms. The van der Waals surface area contributed by atoms with Crippen LogP contribution in [0.15, 0.2) is 36.4 Å². The first-order valence-electron chi connectivity index (χ1n) is 8.55. The first-order valence-corrected chi connectivity index (χ1v) is 8.55. The second kappa shape index (κ2) is 7.40. The van der Waals surface area contributed by atoms with Gasteiger partial charge in [-0.2, -0.15) is 0 Å². The Labute approximate surface area is 137 Å². The third-order valence-electron chi connectivity index (χ3n) is 4.34. The van der Waals surface area contributed by atoms with Gasteiger partial charge in [0.1, 0.15) is 0 Å². The number of hydrogen-bond acceptors (Lipinski definition) is 3. The zero-order valence-corrected chi connectivity index (χ0v) is 13.7. The lowest BCUT2D eigenvalue weighted by Crippen LogP contribution is -2.12. The number of aryl methyl sites for hydroxylation is 2. The second-order valence-electron chi connectivity index (χ2n) is 5.99. The summed E-state index contributed by atoms with van der Waals surface area (Å²) in [4.78, 5) is 17.3. The van der Waals surface area contributed by atoms with Gasteiger partial charge in [0, 0.05) is 11.3 Å². The van der Waals surface area contributed by atoms with Gasteiger partial charge in [0.05, 0.1) is 17.9 Å². The number of ether oxygens (including phenoxy) is 1. The summed E-state index contributed by atoms with van der Waals surface area (Å²) in [5, 5.41) is 0. The lowest BCUT2D eigenvalue weighted by atomic mass is 9.94. The van der Waals surface area contributed by atoms with E-state index in [1.54, 1.807) is 0 Å². The monoisotopic (exact) mass is 309 g/mol. The van der Waals surface area contributed by atoms with E-state index in [0.29, 0.717) is 12.2 Å². The number of pyridine rings is 1. The van der Waals surface area contributed by atoms with Crippen molar-refractivity contribution in [1.82, 2.24) is 4.98 Å². The average molecular weight is 309 g/mol. The van der Waals surface area contributed by atoms with Crippen molar-refractivity contribution >= 4 is 5.97 Å². The highest BCUT2D eigenvalue weighted by molar-refractivity contribution is 5.96. The van der Waals surface area contributed by atoms with E-state index >= 15 is 0 Å². The molecule has 1 aliphatic carbocycles. The zero-order valence-electron chi connectivity index (χ0n) is 13.7. The van der Waals surface area contributed by atoms with Gasteiger partial charge in [-0.25, -0.2) is 4.79 Å². The highest BCUT2D eigenvalue weighted by Gasteiger charge is 2.20. The van der Waals surface area contributed by atoms with Crippen molar-refractivity contribution in [2.45, 2.75) is 45.4 Å². The van der Waals surface area contributed by atoms with E-state index in [1.807, 2.05) is 43.3 Å². The molecule has 23 heavy (non-hydrogen) atoms. The van der Waals surface area contributed by atoms with Crippen LogP contribution in [0.3, 0.4) is 0 Å². The number of fused-ring (bicyclic) bond motifs is 1. The molecule has 0 saturated heterocycles. The van der Waals surface area contributed by atoms with Crippen LogP contribution in [0.1, 0.15) is 54.2 Å². The Morgan fingerprint density at radius 2 is 1.83 bits per heavy atom. The molecule has 2 aromatic rings. The molecule has 0 atom stereocenters.